The summed E-state index contributed by atoms with van der Waals surface area (Å²) < 4.78 is 39.5. The van der Waals surface area contributed by atoms with E-state index in [4.69, 9.17) is 18.8 Å². The van der Waals surface area contributed by atoms with E-state index in [0.29, 0.717) is 32.7 Å². The Labute approximate surface area is 196 Å². The Morgan fingerprint density at radius 1 is 0.970 bits per heavy atom. The van der Waals surface area contributed by atoms with Gasteiger partial charge in [-0.05, 0) is 41.5 Å². The molecule has 13 heteroatoms. The molecule has 0 aromatic carbocycles. The van der Waals surface area contributed by atoms with Gasteiger partial charge < -0.3 is 29.7 Å². The van der Waals surface area contributed by atoms with Gasteiger partial charge in [-0.3, -0.25) is 4.18 Å². The topological polar surface area (TPSA) is 138 Å². The first-order chi connectivity index (χ1) is 15.1. The summed E-state index contributed by atoms with van der Waals surface area (Å²) >= 11 is 0. The van der Waals surface area contributed by atoms with Gasteiger partial charge in [0.2, 0.25) is 0 Å². The van der Waals surface area contributed by atoms with Crippen molar-refractivity contribution in [3.63, 3.8) is 0 Å². The van der Waals surface area contributed by atoms with Crippen molar-refractivity contribution in [2.45, 2.75) is 64.8 Å². The van der Waals surface area contributed by atoms with Crippen molar-refractivity contribution in [3.8, 4) is 0 Å². The summed E-state index contributed by atoms with van der Waals surface area (Å²) in [5.41, 5.74) is -1.01. The van der Waals surface area contributed by atoms with E-state index in [-0.39, 0.29) is 37.9 Å². The molecule has 192 valence electrons. The van der Waals surface area contributed by atoms with E-state index in [9.17, 15) is 18.0 Å². The molecule has 2 atom stereocenters. The Balaban J connectivity index is 0.000000238. The van der Waals surface area contributed by atoms with Gasteiger partial charge in [0.25, 0.3) is 0 Å². The summed E-state index contributed by atoms with van der Waals surface area (Å²) in [5.74, 6) is 0. The zero-order valence-corrected chi connectivity index (χ0v) is 21.2. The van der Waals surface area contributed by atoms with Crippen LogP contribution >= 0.6 is 0 Å². The van der Waals surface area contributed by atoms with E-state index >= 15 is 0 Å². The largest absolute Gasteiger partial charge is 0.444 e. The third kappa shape index (κ3) is 8.56. The van der Waals surface area contributed by atoms with Crippen LogP contribution in [0.3, 0.4) is 0 Å². The van der Waals surface area contributed by atoms with E-state index in [1.54, 1.807) is 25.7 Å². The van der Waals surface area contributed by atoms with Crippen LogP contribution in [-0.4, -0.2) is 116 Å². The maximum Gasteiger partial charge on any atom is 0.410 e. The first-order valence-corrected chi connectivity index (χ1v) is 12.4. The van der Waals surface area contributed by atoms with Gasteiger partial charge in [-0.1, -0.05) is 0 Å². The quantitative estimate of drug-likeness (QED) is 0.529. The molecule has 2 amide bonds. The Bertz CT molecular complexity index is 793. The Kier molecular flexibility index (Phi) is 8.96. The molecule has 3 rings (SSSR count). The zero-order valence-electron chi connectivity index (χ0n) is 20.4. The van der Waals surface area contributed by atoms with Gasteiger partial charge in [0.15, 0.2) is 0 Å². The number of fused-ring (bicyclic) bond motifs is 1. The lowest BCUT2D eigenvalue weighted by atomic mass is 10.2. The van der Waals surface area contributed by atoms with Gasteiger partial charge in [0, 0.05) is 45.3 Å². The number of rotatable bonds is 1. The molecule has 0 aromatic heterocycles. The second-order valence-corrected chi connectivity index (χ2v) is 11.8. The molecule has 33 heavy (non-hydrogen) atoms. The maximum atomic E-state index is 11.9. The number of amides is 2. The first-order valence-electron chi connectivity index (χ1n) is 11.1. The van der Waals surface area contributed by atoms with Crippen molar-refractivity contribution in [1.82, 2.24) is 19.4 Å². The molecule has 3 fully saturated rings. The predicted molar refractivity (Wildman–Crippen MR) is 120 cm³/mol. The highest BCUT2D eigenvalue weighted by Crippen LogP contribution is 2.23. The van der Waals surface area contributed by atoms with Crippen LogP contribution in [0.4, 0.5) is 9.59 Å². The van der Waals surface area contributed by atoms with Gasteiger partial charge in [0.05, 0.1) is 19.3 Å². The average molecular weight is 495 g/mol. The van der Waals surface area contributed by atoms with Crippen molar-refractivity contribution < 1.29 is 36.8 Å². The first kappa shape index (κ1) is 27.6. The second-order valence-electron chi connectivity index (χ2n) is 10.2. The summed E-state index contributed by atoms with van der Waals surface area (Å²) in [4.78, 5) is 26.7. The third-order valence-corrected chi connectivity index (χ3v) is 6.39. The Morgan fingerprint density at radius 2 is 1.52 bits per heavy atom. The minimum Gasteiger partial charge on any atom is -0.444 e. The second kappa shape index (κ2) is 10.7. The van der Waals surface area contributed by atoms with Crippen LogP contribution in [-0.2, 0) is 24.0 Å². The zero-order chi connectivity index (χ0) is 25.0. The van der Waals surface area contributed by atoms with Crippen LogP contribution < -0.4 is 5.32 Å². The van der Waals surface area contributed by atoms with Gasteiger partial charge >= 0.3 is 22.5 Å². The molecule has 3 aliphatic heterocycles. The van der Waals surface area contributed by atoms with Gasteiger partial charge in [-0.25, -0.2) is 9.59 Å². The smallest absolute Gasteiger partial charge is 0.410 e. The number of carbonyl (C=O) groups excluding carboxylic acids is 2. The fourth-order valence-corrected chi connectivity index (χ4v) is 4.70. The molecular formula is C20H38N4O8S. The van der Waals surface area contributed by atoms with E-state index in [1.165, 1.54) is 9.21 Å². The summed E-state index contributed by atoms with van der Waals surface area (Å²) in [6, 6.07) is -0.331. The van der Waals surface area contributed by atoms with Crippen LogP contribution in [0.2, 0.25) is 0 Å². The lowest BCUT2D eigenvalue weighted by molar-refractivity contribution is 0.0139. The lowest BCUT2D eigenvalue weighted by Gasteiger charge is -2.35. The predicted octanol–water partition coefficient (Wildman–Crippen LogP) is 0.370. The van der Waals surface area contributed by atoms with Gasteiger partial charge in [-0.2, -0.15) is 12.7 Å². The molecule has 0 bridgehead atoms. The number of carbonyl (C=O) groups is 2. The summed E-state index contributed by atoms with van der Waals surface area (Å²) in [6.07, 6.45) is -0.714. The van der Waals surface area contributed by atoms with Crippen molar-refractivity contribution >= 4 is 22.5 Å². The fourth-order valence-electron chi connectivity index (χ4n) is 3.43. The lowest BCUT2D eigenvalue weighted by Crippen LogP contribution is -2.54. The number of nitrogens with one attached hydrogen (secondary N) is 1. The summed E-state index contributed by atoms with van der Waals surface area (Å²) in [6.45, 7) is 13.8. The highest BCUT2D eigenvalue weighted by atomic mass is 32.2. The molecule has 3 heterocycles. The molecule has 0 aliphatic carbocycles. The molecule has 3 aliphatic rings. The van der Waals surface area contributed by atoms with Crippen LogP contribution in [0.25, 0.3) is 0 Å². The molecule has 0 aromatic rings. The number of aliphatic hydroxyl groups is 1. The third-order valence-electron chi connectivity index (χ3n) is 4.90. The fraction of sp³-hybridized carbons (Fsp3) is 0.900. The molecule has 3 saturated heterocycles. The molecule has 2 N–H and O–H groups in total. The van der Waals surface area contributed by atoms with E-state index in [1.807, 2.05) is 20.8 Å². The maximum absolute atomic E-state index is 11.9. The number of nitrogens with zero attached hydrogens (tertiary/aromatic N) is 3. The van der Waals surface area contributed by atoms with Crippen molar-refractivity contribution in [2.24, 2.45) is 0 Å². The van der Waals surface area contributed by atoms with Crippen LogP contribution in [0.1, 0.15) is 41.5 Å². The standard InChI is InChI=1S/C10H18N2O5S.C10H20N2O3/c1-10(2,3)17-9(13)11-4-5-12-8(6-11)7-16-18(12,14)15;1-10(2,3)15-9(14)12-5-4-11-8(6-12)7-13/h8H,4-7H2,1-3H3;8,11,13H,4-7H2,1-3H3/t2*8-/m11/s1. The molecule has 0 radical (unpaired) electrons. The monoisotopic (exact) mass is 494 g/mol. The van der Waals surface area contributed by atoms with E-state index in [0.717, 1.165) is 0 Å². The minimum atomic E-state index is -3.58. The van der Waals surface area contributed by atoms with Crippen LogP contribution in [0.15, 0.2) is 0 Å². The Hall–Kier alpha value is -1.67. The number of ether oxygens (including phenoxy) is 2. The van der Waals surface area contributed by atoms with Crippen molar-refractivity contribution in [1.29, 1.82) is 0 Å². The van der Waals surface area contributed by atoms with E-state index < -0.39 is 27.6 Å². The van der Waals surface area contributed by atoms with Crippen molar-refractivity contribution in [3.05, 3.63) is 0 Å². The van der Waals surface area contributed by atoms with Crippen LogP contribution in [0, 0.1) is 0 Å². The number of piperazine rings is 2. The molecule has 0 unspecified atom stereocenters. The van der Waals surface area contributed by atoms with Crippen LogP contribution in [0.5, 0.6) is 0 Å². The van der Waals surface area contributed by atoms with E-state index in [2.05, 4.69) is 5.32 Å². The summed E-state index contributed by atoms with van der Waals surface area (Å²) in [5, 5.41) is 12.1. The average Bonchev–Trinajstić information content (AvgIpc) is 3.00. The summed E-state index contributed by atoms with van der Waals surface area (Å²) in [7, 11) is -3.58. The normalized spacial score (nSPS) is 25.5. The Morgan fingerprint density at radius 3 is 2.03 bits per heavy atom. The SMILES string of the molecule is CC(C)(C)OC(=O)N1CCN2[C@@H](COS2(=O)=O)C1.CC(C)(C)OC(=O)N1CCN[C@@H](CO)C1. The van der Waals surface area contributed by atoms with Gasteiger partial charge in [-0.15, -0.1) is 0 Å². The van der Waals surface area contributed by atoms with Gasteiger partial charge in [0.1, 0.15) is 11.2 Å². The number of aliphatic hydroxyl groups excluding tert-OH is 1. The minimum absolute atomic E-state index is 0.0359. The highest BCUT2D eigenvalue weighted by molar-refractivity contribution is 7.84. The molecule has 12 nitrogen and oxygen atoms in total. The molecule has 0 spiro atoms. The number of hydrogen-bond donors (Lipinski definition) is 2. The molecule has 0 saturated carbocycles. The number of hydrogen-bond acceptors (Lipinski definition) is 9. The van der Waals surface area contributed by atoms with Crippen molar-refractivity contribution in [2.75, 3.05) is 52.5 Å². The highest BCUT2D eigenvalue weighted by Gasteiger charge is 2.43. The molecular weight excluding hydrogens is 456 g/mol.